The molecule has 0 radical (unpaired) electrons. The molecule has 1 aliphatic carbocycles. The number of carbonyl (C=O) groups is 1. The number of halogens is 2. The molecular formula is C13H18BrClN2O. The summed E-state index contributed by atoms with van der Waals surface area (Å²) in [6.07, 6.45) is 4.31. The highest BCUT2D eigenvalue weighted by molar-refractivity contribution is 9.10. The van der Waals surface area contributed by atoms with Crippen LogP contribution in [0.2, 0.25) is 0 Å². The average molecular weight is 334 g/mol. The molecule has 1 amide bonds. The Bertz CT molecular complexity index is 445. The summed E-state index contributed by atoms with van der Waals surface area (Å²) in [5.41, 5.74) is 8.30. The Morgan fingerprint density at radius 1 is 1.39 bits per heavy atom. The number of nitrogens with two attached hydrogens (primary N) is 1. The lowest BCUT2D eigenvalue weighted by atomic mass is 10.1. The van der Waals surface area contributed by atoms with E-state index in [1.807, 2.05) is 19.1 Å². The molecule has 0 aromatic heterocycles. The topological polar surface area (TPSA) is 55.1 Å². The Balaban J connectivity index is 0.00000162. The molecule has 0 heterocycles. The number of hydrogen-bond donors (Lipinski definition) is 2. The maximum absolute atomic E-state index is 12.0. The minimum atomic E-state index is 0. The van der Waals surface area contributed by atoms with Gasteiger partial charge in [0.25, 0.3) is 0 Å². The van der Waals surface area contributed by atoms with Crippen LogP contribution in [-0.2, 0) is 4.79 Å². The fourth-order valence-electron chi connectivity index (χ4n) is 2.28. The van der Waals surface area contributed by atoms with Crippen molar-refractivity contribution in [1.82, 2.24) is 0 Å². The lowest BCUT2D eigenvalue weighted by Gasteiger charge is -2.14. The third-order valence-corrected chi connectivity index (χ3v) is 3.79. The number of aryl methyl sites for hydroxylation is 1. The molecule has 1 saturated carbocycles. The monoisotopic (exact) mass is 332 g/mol. The summed E-state index contributed by atoms with van der Waals surface area (Å²) in [6, 6.07) is 3.80. The van der Waals surface area contributed by atoms with Crippen molar-refractivity contribution in [2.24, 2.45) is 5.92 Å². The molecule has 100 valence electrons. The zero-order chi connectivity index (χ0) is 12.4. The van der Waals surface area contributed by atoms with E-state index in [-0.39, 0.29) is 24.2 Å². The van der Waals surface area contributed by atoms with Gasteiger partial charge in [-0.25, -0.2) is 0 Å². The van der Waals surface area contributed by atoms with Crippen molar-refractivity contribution in [1.29, 1.82) is 0 Å². The van der Waals surface area contributed by atoms with Crippen LogP contribution in [-0.4, -0.2) is 5.91 Å². The van der Waals surface area contributed by atoms with Gasteiger partial charge in [-0.2, -0.15) is 0 Å². The largest absolute Gasteiger partial charge is 0.397 e. The van der Waals surface area contributed by atoms with Gasteiger partial charge in [0.1, 0.15) is 0 Å². The first-order valence-electron chi connectivity index (χ1n) is 5.94. The minimum absolute atomic E-state index is 0. The van der Waals surface area contributed by atoms with E-state index < -0.39 is 0 Å². The van der Waals surface area contributed by atoms with Crippen LogP contribution in [0, 0.1) is 12.8 Å². The Morgan fingerprint density at radius 2 is 2.00 bits per heavy atom. The van der Waals surface area contributed by atoms with Crippen LogP contribution < -0.4 is 11.1 Å². The predicted octanol–water partition coefficient (Wildman–Crippen LogP) is 3.89. The normalized spacial score (nSPS) is 15.2. The van der Waals surface area contributed by atoms with E-state index in [9.17, 15) is 4.79 Å². The predicted molar refractivity (Wildman–Crippen MR) is 81.1 cm³/mol. The van der Waals surface area contributed by atoms with Crippen molar-refractivity contribution in [3.05, 3.63) is 22.2 Å². The molecule has 0 atom stereocenters. The fourth-order valence-corrected chi connectivity index (χ4v) is 2.85. The molecule has 1 aliphatic rings. The number of nitrogen functional groups attached to an aromatic ring is 1. The van der Waals surface area contributed by atoms with Crippen LogP contribution in [0.5, 0.6) is 0 Å². The average Bonchev–Trinajstić information content (AvgIpc) is 2.78. The molecule has 0 bridgehead atoms. The van der Waals surface area contributed by atoms with Gasteiger partial charge in [-0.1, -0.05) is 28.8 Å². The van der Waals surface area contributed by atoms with Gasteiger partial charge in [-0.05, 0) is 37.5 Å². The molecule has 1 aromatic rings. The first kappa shape index (κ1) is 15.3. The lowest BCUT2D eigenvalue weighted by molar-refractivity contribution is -0.119. The molecule has 1 aromatic carbocycles. The molecule has 18 heavy (non-hydrogen) atoms. The molecule has 0 aliphatic heterocycles. The molecule has 0 spiro atoms. The number of benzene rings is 1. The third-order valence-electron chi connectivity index (χ3n) is 3.34. The molecule has 5 heteroatoms. The minimum Gasteiger partial charge on any atom is -0.397 e. The van der Waals surface area contributed by atoms with Gasteiger partial charge < -0.3 is 11.1 Å². The highest BCUT2D eigenvalue weighted by atomic mass is 79.9. The van der Waals surface area contributed by atoms with Gasteiger partial charge in [-0.15, -0.1) is 12.4 Å². The van der Waals surface area contributed by atoms with Crippen LogP contribution in [0.4, 0.5) is 11.4 Å². The van der Waals surface area contributed by atoms with Crippen LogP contribution in [0.1, 0.15) is 31.2 Å². The second-order valence-corrected chi connectivity index (χ2v) is 5.57. The van der Waals surface area contributed by atoms with E-state index >= 15 is 0 Å². The Morgan fingerprint density at radius 3 is 2.61 bits per heavy atom. The molecule has 2 rings (SSSR count). The maximum Gasteiger partial charge on any atom is 0.227 e. The van der Waals surface area contributed by atoms with E-state index in [2.05, 4.69) is 21.2 Å². The van der Waals surface area contributed by atoms with Gasteiger partial charge >= 0.3 is 0 Å². The van der Waals surface area contributed by atoms with E-state index in [0.29, 0.717) is 11.4 Å². The standard InChI is InChI=1S/C13H17BrN2O.ClH/c1-8-6-10(14)7-11(12(8)15)16-13(17)9-4-2-3-5-9;/h6-7,9H,2-5,15H2,1H3,(H,16,17);1H. The van der Waals surface area contributed by atoms with Gasteiger partial charge in [0.05, 0.1) is 11.4 Å². The van der Waals surface area contributed by atoms with Crippen molar-refractivity contribution >= 4 is 45.6 Å². The number of anilines is 2. The second kappa shape index (κ2) is 6.43. The van der Waals surface area contributed by atoms with E-state index in [0.717, 1.165) is 35.7 Å². The van der Waals surface area contributed by atoms with Crippen molar-refractivity contribution in [2.45, 2.75) is 32.6 Å². The van der Waals surface area contributed by atoms with Crippen LogP contribution in [0.15, 0.2) is 16.6 Å². The SMILES string of the molecule is Cc1cc(Br)cc(NC(=O)C2CCCC2)c1N.Cl. The quantitative estimate of drug-likeness (QED) is 0.807. The smallest absolute Gasteiger partial charge is 0.227 e. The van der Waals surface area contributed by atoms with Gasteiger partial charge in [0.15, 0.2) is 0 Å². The lowest BCUT2D eigenvalue weighted by Crippen LogP contribution is -2.21. The van der Waals surface area contributed by atoms with Crippen molar-refractivity contribution in [2.75, 3.05) is 11.1 Å². The Labute approximate surface area is 122 Å². The van der Waals surface area contributed by atoms with Gasteiger partial charge in [-0.3, -0.25) is 4.79 Å². The van der Waals surface area contributed by atoms with Crippen molar-refractivity contribution in [3.8, 4) is 0 Å². The van der Waals surface area contributed by atoms with E-state index in [4.69, 9.17) is 5.73 Å². The molecule has 0 saturated heterocycles. The summed E-state index contributed by atoms with van der Waals surface area (Å²) in [6.45, 7) is 1.94. The fraction of sp³-hybridized carbons (Fsp3) is 0.462. The van der Waals surface area contributed by atoms with Crippen molar-refractivity contribution in [3.63, 3.8) is 0 Å². The van der Waals surface area contributed by atoms with Crippen LogP contribution in [0.3, 0.4) is 0 Å². The number of amides is 1. The van der Waals surface area contributed by atoms with Crippen LogP contribution >= 0.6 is 28.3 Å². The summed E-state index contributed by atoms with van der Waals surface area (Å²) in [7, 11) is 0. The Hall–Kier alpha value is -0.740. The van der Waals surface area contributed by atoms with Crippen molar-refractivity contribution < 1.29 is 4.79 Å². The molecule has 3 nitrogen and oxygen atoms in total. The zero-order valence-corrected chi connectivity index (χ0v) is 12.7. The molecule has 1 fully saturated rings. The zero-order valence-electron chi connectivity index (χ0n) is 10.3. The van der Waals surface area contributed by atoms with Gasteiger partial charge in [0, 0.05) is 10.4 Å². The summed E-state index contributed by atoms with van der Waals surface area (Å²) in [4.78, 5) is 12.0. The van der Waals surface area contributed by atoms with Crippen LogP contribution in [0.25, 0.3) is 0 Å². The highest BCUT2D eigenvalue weighted by Gasteiger charge is 2.23. The first-order chi connectivity index (χ1) is 8.08. The Kier molecular flexibility index (Phi) is 5.47. The third kappa shape index (κ3) is 3.39. The number of carbonyl (C=O) groups excluding carboxylic acids is 1. The summed E-state index contributed by atoms with van der Waals surface area (Å²) < 4.78 is 0.936. The molecular weight excluding hydrogens is 316 g/mol. The first-order valence-corrected chi connectivity index (χ1v) is 6.73. The second-order valence-electron chi connectivity index (χ2n) is 4.65. The number of nitrogens with one attached hydrogen (secondary N) is 1. The maximum atomic E-state index is 12.0. The highest BCUT2D eigenvalue weighted by Crippen LogP contribution is 2.30. The van der Waals surface area contributed by atoms with E-state index in [1.54, 1.807) is 0 Å². The number of hydrogen-bond acceptors (Lipinski definition) is 2. The molecule has 3 N–H and O–H groups in total. The summed E-state index contributed by atoms with van der Waals surface area (Å²) >= 11 is 3.41. The molecule has 0 unspecified atom stereocenters. The summed E-state index contributed by atoms with van der Waals surface area (Å²) in [5, 5.41) is 2.94. The number of rotatable bonds is 2. The van der Waals surface area contributed by atoms with E-state index in [1.165, 1.54) is 0 Å². The van der Waals surface area contributed by atoms with Gasteiger partial charge in [0.2, 0.25) is 5.91 Å². The summed E-state index contributed by atoms with van der Waals surface area (Å²) in [5.74, 6) is 0.264.